The van der Waals surface area contributed by atoms with Gasteiger partial charge in [-0.25, -0.2) is 4.79 Å². The van der Waals surface area contributed by atoms with Crippen LogP contribution in [0.3, 0.4) is 0 Å². The van der Waals surface area contributed by atoms with Crippen LogP contribution in [-0.2, 0) is 0 Å². The third-order valence-corrected chi connectivity index (χ3v) is 2.93. The van der Waals surface area contributed by atoms with Crippen molar-refractivity contribution in [3.63, 3.8) is 0 Å². The Hall–Kier alpha value is -1.01. The van der Waals surface area contributed by atoms with Crippen LogP contribution in [0, 0.1) is 0 Å². The normalized spacial score (nSPS) is 12.2. The van der Waals surface area contributed by atoms with Gasteiger partial charge in [0, 0.05) is 6.54 Å². The Bertz CT molecular complexity index is 425. The molecule has 1 atom stereocenters. The van der Waals surface area contributed by atoms with Gasteiger partial charge in [-0.05, 0) is 12.1 Å². The van der Waals surface area contributed by atoms with E-state index in [9.17, 15) is 4.79 Å². The molecule has 0 saturated heterocycles. The first-order chi connectivity index (χ1) is 7.97. The highest BCUT2D eigenvalue weighted by molar-refractivity contribution is 6.45. The molecule has 7 heteroatoms. The average molecular weight is 280 g/mol. The van der Waals surface area contributed by atoms with Gasteiger partial charge in [0.2, 0.25) is 0 Å². The van der Waals surface area contributed by atoms with Gasteiger partial charge < -0.3 is 20.6 Å². The largest absolute Gasteiger partial charge is 0.478 e. The maximum Gasteiger partial charge on any atom is 0.337 e. The third kappa shape index (κ3) is 3.47. The molecule has 0 radical (unpaired) electrons. The maximum atomic E-state index is 10.8. The highest BCUT2D eigenvalue weighted by atomic mass is 35.5. The van der Waals surface area contributed by atoms with Crippen LogP contribution in [0.25, 0.3) is 0 Å². The van der Waals surface area contributed by atoms with Gasteiger partial charge in [0.25, 0.3) is 0 Å². The summed E-state index contributed by atoms with van der Waals surface area (Å²) in [4.78, 5) is 10.8. The first-order valence-corrected chi connectivity index (χ1v) is 5.47. The van der Waals surface area contributed by atoms with Crippen molar-refractivity contribution >= 4 is 34.9 Å². The fourth-order valence-corrected chi connectivity index (χ4v) is 1.62. The van der Waals surface area contributed by atoms with E-state index in [-0.39, 0.29) is 28.8 Å². The predicted molar refractivity (Wildman–Crippen MR) is 65.0 cm³/mol. The van der Waals surface area contributed by atoms with E-state index >= 15 is 0 Å². The molecule has 0 aromatic heterocycles. The molecule has 17 heavy (non-hydrogen) atoms. The number of nitrogens with one attached hydrogen (secondary N) is 1. The Kier molecular flexibility index (Phi) is 5.02. The van der Waals surface area contributed by atoms with E-state index in [1.54, 1.807) is 0 Å². The Morgan fingerprint density at radius 1 is 1.35 bits per heavy atom. The fraction of sp³-hybridized carbons (Fsp3) is 0.300. The number of carboxylic acids is 1. The molecule has 5 nitrogen and oxygen atoms in total. The summed E-state index contributed by atoms with van der Waals surface area (Å²) >= 11 is 11.6. The number of aliphatic hydroxyl groups is 2. The molecule has 0 bridgehead atoms. The van der Waals surface area contributed by atoms with Crippen molar-refractivity contribution in [3.05, 3.63) is 27.7 Å². The minimum absolute atomic E-state index is 0.0664. The Morgan fingerprint density at radius 3 is 2.53 bits per heavy atom. The number of anilines is 1. The lowest BCUT2D eigenvalue weighted by Crippen LogP contribution is -2.23. The van der Waals surface area contributed by atoms with Crippen LogP contribution in [0.1, 0.15) is 10.4 Å². The lowest BCUT2D eigenvalue weighted by Gasteiger charge is -2.13. The fourth-order valence-electron chi connectivity index (χ4n) is 1.14. The quantitative estimate of drug-likeness (QED) is 0.655. The van der Waals surface area contributed by atoms with E-state index in [1.165, 1.54) is 12.1 Å². The molecule has 1 unspecified atom stereocenters. The summed E-state index contributed by atoms with van der Waals surface area (Å²) < 4.78 is 0. The summed E-state index contributed by atoms with van der Waals surface area (Å²) in [5.41, 5.74) is 0.305. The van der Waals surface area contributed by atoms with Gasteiger partial charge in [-0.3, -0.25) is 0 Å². The number of hydrogen-bond acceptors (Lipinski definition) is 4. The summed E-state index contributed by atoms with van der Waals surface area (Å²) in [7, 11) is 0. The topological polar surface area (TPSA) is 89.8 Å². The Morgan fingerprint density at radius 2 is 2.00 bits per heavy atom. The second kappa shape index (κ2) is 6.07. The van der Waals surface area contributed by atoms with Crippen molar-refractivity contribution in [3.8, 4) is 0 Å². The van der Waals surface area contributed by atoms with Crippen LogP contribution in [-0.4, -0.2) is 40.5 Å². The van der Waals surface area contributed by atoms with Crippen molar-refractivity contribution in [2.45, 2.75) is 6.10 Å². The van der Waals surface area contributed by atoms with E-state index in [1.807, 2.05) is 0 Å². The number of hydrogen-bond donors (Lipinski definition) is 4. The highest BCUT2D eigenvalue weighted by Gasteiger charge is 2.15. The summed E-state index contributed by atoms with van der Waals surface area (Å²) in [6, 6.07) is 2.76. The number of halogens is 2. The number of aromatic carboxylic acids is 1. The summed E-state index contributed by atoms with van der Waals surface area (Å²) in [6.07, 6.45) is -0.927. The second-order valence-electron chi connectivity index (χ2n) is 3.31. The van der Waals surface area contributed by atoms with Crippen molar-refractivity contribution in [2.24, 2.45) is 0 Å². The molecule has 94 valence electrons. The summed E-state index contributed by atoms with van der Waals surface area (Å²) in [6.45, 7) is -0.301. The Labute approximate surface area is 108 Å². The molecule has 0 spiro atoms. The minimum atomic E-state index is -1.17. The van der Waals surface area contributed by atoms with Gasteiger partial charge in [-0.15, -0.1) is 0 Å². The van der Waals surface area contributed by atoms with Gasteiger partial charge in [0.1, 0.15) is 0 Å². The number of carbonyl (C=O) groups is 1. The van der Waals surface area contributed by atoms with E-state index in [2.05, 4.69) is 5.32 Å². The minimum Gasteiger partial charge on any atom is -0.478 e. The Balaban J connectivity index is 2.89. The lowest BCUT2D eigenvalue weighted by atomic mass is 10.2. The number of benzene rings is 1. The second-order valence-corrected chi connectivity index (χ2v) is 4.07. The van der Waals surface area contributed by atoms with Gasteiger partial charge >= 0.3 is 5.97 Å². The number of aliphatic hydroxyl groups excluding tert-OH is 2. The van der Waals surface area contributed by atoms with Crippen LogP contribution in [0.4, 0.5) is 5.69 Å². The zero-order chi connectivity index (χ0) is 13.0. The molecule has 0 saturated carbocycles. The van der Waals surface area contributed by atoms with E-state index in [0.29, 0.717) is 5.69 Å². The molecule has 0 aliphatic rings. The molecule has 0 aliphatic carbocycles. The highest BCUT2D eigenvalue weighted by Crippen LogP contribution is 2.32. The first-order valence-electron chi connectivity index (χ1n) is 4.71. The van der Waals surface area contributed by atoms with Crippen LogP contribution < -0.4 is 5.32 Å². The number of rotatable bonds is 5. The molecule has 0 amide bonds. The van der Waals surface area contributed by atoms with E-state index in [4.69, 9.17) is 38.5 Å². The zero-order valence-corrected chi connectivity index (χ0v) is 10.2. The summed E-state index contributed by atoms with van der Waals surface area (Å²) in [5.74, 6) is -1.17. The van der Waals surface area contributed by atoms with Gasteiger partial charge in [-0.2, -0.15) is 0 Å². The van der Waals surface area contributed by atoms with Crippen molar-refractivity contribution in [2.75, 3.05) is 18.5 Å². The standard InChI is InChI=1S/C10H11Cl2NO4/c11-8-6(10(16)17)1-2-7(9(8)12)13-3-5(15)4-14/h1-2,5,13-15H,3-4H2,(H,16,17). The molecule has 0 heterocycles. The third-order valence-electron chi connectivity index (χ3n) is 2.05. The van der Waals surface area contributed by atoms with Crippen molar-refractivity contribution in [1.82, 2.24) is 0 Å². The van der Waals surface area contributed by atoms with Crippen LogP contribution in [0.15, 0.2) is 12.1 Å². The van der Waals surface area contributed by atoms with Crippen molar-refractivity contribution < 1.29 is 20.1 Å². The maximum absolute atomic E-state index is 10.8. The van der Waals surface area contributed by atoms with E-state index < -0.39 is 12.1 Å². The predicted octanol–water partition coefficient (Wildman–Crippen LogP) is 1.46. The molecule has 4 N–H and O–H groups in total. The number of carboxylic acid groups (broad SMARTS) is 1. The van der Waals surface area contributed by atoms with Crippen LogP contribution in [0.5, 0.6) is 0 Å². The zero-order valence-electron chi connectivity index (χ0n) is 8.65. The van der Waals surface area contributed by atoms with Gasteiger partial charge in [-0.1, -0.05) is 23.2 Å². The smallest absolute Gasteiger partial charge is 0.337 e. The lowest BCUT2D eigenvalue weighted by molar-refractivity contribution is 0.0697. The van der Waals surface area contributed by atoms with Crippen LogP contribution >= 0.6 is 23.2 Å². The summed E-state index contributed by atoms with van der Waals surface area (Å²) in [5, 5.41) is 29.3. The van der Waals surface area contributed by atoms with Gasteiger partial charge in [0.15, 0.2) is 0 Å². The molecular weight excluding hydrogens is 269 g/mol. The monoisotopic (exact) mass is 279 g/mol. The molecule has 1 rings (SSSR count). The van der Waals surface area contributed by atoms with E-state index in [0.717, 1.165) is 0 Å². The van der Waals surface area contributed by atoms with Crippen molar-refractivity contribution in [1.29, 1.82) is 0 Å². The molecule has 0 aliphatic heterocycles. The van der Waals surface area contributed by atoms with Crippen LogP contribution in [0.2, 0.25) is 10.0 Å². The molecule has 1 aromatic carbocycles. The molecule has 1 aromatic rings. The van der Waals surface area contributed by atoms with Gasteiger partial charge in [0.05, 0.1) is 34.0 Å². The first kappa shape index (κ1) is 14.1. The SMILES string of the molecule is O=C(O)c1ccc(NCC(O)CO)c(Cl)c1Cl. The molecular formula is C10H11Cl2NO4. The average Bonchev–Trinajstić information content (AvgIpc) is 2.30. The molecule has 0 fully saturated rings.